The van der Waals surface area contributed by atoms with E-state index in [4.69, 9.17) is 4.74 Å². The number of ether oxygens (including phenoxy) is 1. The number of nitro groups is 1. The van der Waals surface area contributed by atoms with Crippen molar-refractivity contribution in [3.05, 3.63) is 80.3 Å². The summed E-state index contributed by atoms with van der Waals surface area (Å²) in [5, 5.41) is 15.0. The molecule has 1 aliphatic rings. The molecule has 1 N–H and O–H groups in total. The number of hydrogen-bond acceptors (Lipinski definition) is 5. The van der Waals surface area contributed by atoms with E-state index in [1.165, 1.54) is 7.11 Å². The summed E-state index contributed by atoms with van der Waals surface area (Å²) in [6, 6.07) is 14.0. The monoisotopic (exact) mass is 404 g/mol. The molecule has 0 amide bonds. The molecule has 25 heavy (non-hydrogen) atoms. The van der Waals surface area contributed by atoms with Gasteiger partial charge in [0, 0.05) is 9.40 Å². The van der Waals surface area contributed by atoms with Gasteiger partial charge in [0.15, 0.2) is 0 Å². The molecule has 0 radical (unpaired) electrons. The average Bonchev–Trinajstić information content (AvgIpc) is 3.03. The van der Waals surface area contributed by atoms with Crippen molar-refractivity contribution in [3.8, 4) is 0 Å². The highest BCUT2D eigenvalue weighted by Gasteiger charge is 2.54. The molecule has 7 heteroatoms. The van der Waals surface area contributed by atoms with Crippen LogP contribution in [0, 0.1) is 10.1 Å². The van der Waals surface area contributed by atoms with Crippen molar-refractivity contribution in [1.29, 1.82) is 0 Å². The van der Waals surface area contributed by atoms with Crippen molar-refractivity contribution < 1.29 is 14.5 Å². The Bertz CT molecular complexity index is 766. The second-order valence-corrected chi connectivity index (χ2v) is 6.82. The number of methoxy groups -OCH3 is 1. The van der Waals surface area contributed by atoms with Gasteiger partial charge in [0.1, 0.15) is 12.1 Å². The largest absolute Gasteiger partial charge is 0.468 e. The van der Waals surface area contributed by atoms with Crippen LogP contribution in [-0.2, 0) is 9.53 Å². The second kappa shape index (κ2) is 7.33. The molecule has 1 aliphatic heterocycles. The fraction of sp³-hybridized carbons (Fsp3) is 0.278. The van der Waals surface area contributed by atoms with Crippen molar-refractivity contribution in [2.24, 2.45) is 0 Å². The highest BCUT2D eigenvalue weighted by Crippen LogP contribution is 2.40. The first-order valence-electron chi connectivity index (χ1n) is 7.80. The van der Waals surface area contributed by atoms with E-state index < -0.39 is 30.0 Å². The van der Waals surface area contributed by atoms with E-state index in [2.05, 4.69) is 21.2 Å². The Labute approximate surface area is 153 Å². The highest BCUT2D eigenvalue weighted by atomic mass is 79.9. The fourth-order valence-corrected chi connectivity index (χ4v) is 3.69. The number of nitrogens with one attached hydrogen (secondary N) is 1. The summed E-state index contributed by atoms with van der Waals surface area (Å²) in [7, 11) is 1.29. The highest BCUT2D eigenvalue weighted by molar-refractivity contribution is 9.10. The normalized spacial score (nSPS) is 25.5. The topological polar surface area (TPSA) is 81.5 Å². The molecule has 0 spiro atoms. The number of hydrogen-bond donors (Lipinski definition) is 1. The summed E-state index contributed by atoms with van der Waals surface area (Å²) in [5.74, 6) is -1.11. The van der Waals surface area contributed by atoms with E-state index in [9.17, 15) is 14.9 Å². The van der Waals surface area contributed by atoms with Crippen LogP contribution in [0.2, 0.25) is 0 Å². The third-order valence-corrected chi connectivity index (χ3v) is 5.07. The zero-order valence-corrected chi connectivity index (χ0v) is 15.0. The number of nitrogens with zero attached hydrogens (tertiary/aromatic N) is 1. The maximum Gasteiger partial charge on any atom is 0.323 e. The Morgan fingerprint density at radius 1 is 1.12 bits per heavy atom. The van der Waals surface area contributed by atoms with Gasteiger partial charge in [0.25, 0.3) is 0 Å². The molecular formula is C18H17BrN2O4. The molecule has 0 aliphatic carbocycles. The zero-order chi connectivity index (χ0) is 18.0. The molecule has 130 valence electrons. The number of carbonyl (C=O) groups is 1. The Balaban J connectivity index is 2.07. The van der Waals surface area contributed by atoms with Crippen LogP contribution in [0.3, 0.4) is 0 Å². The Kier molecular flexibility index (Phi) is 5.15. The van der Waals surface area contributed by atoms with Crippen LogP contribution in [0.1, 0.15) is 23.1 Å². The molecule has 0 saturated carbocycles. The van der Waals surface area contributed by atoms with Gasteiger partial charge < -0.3 is 4.74 Å². The third-order valence-electron chi connectivity index (χ3n) is 4.54. The minimum Gasteiger partial charge on any atom is -0.468 e. The third kappa shape index (κ3) is 3.43. The summed E-state index contributed by atoms with van der Waals surface area (Å²) >= 11 is 3.36. The lowest BCUT2D eigenvalue weighted by Crippen LogP contribution is -2.37. The van der Waals surface area contributed by atoms with Crippen LogP contribution < -0.4 is 5.32 Å². The molecule has 0 bridgehead atoms. The van der Waals surface area contributed by atoms with E-state index in [0.29, 0.717) is 0 Å². The van der Waals surface area contributed by atoms with Crippen molar-refractivity contribution in [2.75, 3.05) is 7.11 Å². The Hall–Kier alpha value is -2.25. The van der Waals surface area contributed by atoms with E-state index >= 15 is 0 Å². The van der Waals surface area contributed by atoms with Crippen LogP contribution in [0.5, 0.6) is 0 Å². The molecule has 1 fully saturated rings. The van der Waals surface area contributed by atoms with Crippen LogP contribution in [0.25, 0.3) is 0 Å². The van der Waals surface area contributed by atoms with Crippen molar-refractivity contribution in [2.45, 2.75) is 24.0 Å². The number of benzene rings is 2. The molecule has 3 rings (SSSR count). The van der Waals surface area contributed by atoms with E-state index in [-0.39, 0.29) is 4.92 Å². The first-order valence-corrected chi connectivity index (χ1v) is 8.60. The van der Waals surface area contributed by atoms with Gasteiger partial charge in [-0.15, -0.1) is 0 Å². The lowest BCUT2D eigenvalue weighted by atomic mass is 9.85. The van der Waals surface area contributed by atoms with Gasteiger partial charge >= 0.3 is 5.97 Å². The van der Waals surface area contributed by atoms with Gasteiger partial charge in [-0.3, -0.25) is 20.2 Å². The summed E-state index contributed by atoms with van der Waals surface area (Å²) in [4.78, 5) is 23.9. The lowest BCUT2D eigenvalue weighted by Gasteiger charge is -2.19. The number of halogens is 1. The molecule has 1 heterocycles. The van der Waals surface area contributed by atoms with Gasteiger partial charge in [-0.25, -0.2) is 0 Å². The average molecular weight is 405 g/mol. The van der Waals surface area contributed by atoms with Crippen LogP contribution in [0.15, 0.2) is 59.1 Å². The predicted octanol–water partition coefficient (Wildman–Crippen LogP) is 3.06. The van der Waals surface area contributed by atoms with Crippen molar-refractivity contribution in [3.63, 3.8) is 0 Å². The Morgan fingerprint density at radius 3 is 2.32 bits per heavy atom. The molecule has 4 atom stereocenters. The molecule has 2 aromatic carbocycles. The van der Waals surface area contributed by atoms with E-state index in [1.807, 2.05) is 54.6 Å². The molecule has 2 aromatic rings. The zero-order valence-electron chi connectivity index (χ0n) is 13.5. The number of esters is 1. The van der Waals surface area contributed by atoms with Gasteiger partial charge in [-0.1, -0.05) is 58.4 Å². The van der Waals surface area contributed by atoms with E-state index in [0.717, 1.165) is 15.6 Å². The molecule has 0 aromatic heterocycles. The molecular weight excluding hydrogens is 388 g/mol. The van der Waals surface area contributed by atoms with Gasteiger partial charge in [-0.2, -0.15) is 0 Å². The standard InChI is InChI=1S/C18H17BrN2O4/c1-25-18(22)16-14(11-5-3-2-4-6-11)17(21(23)24)15(20-16)12-7-9-13(19)10-8-12/h2-10,14-17,20H,1H3/t14-,15-,16-,17+/m0/s1. The second-order valence-electron chi connectivity index (χ2n) is 5.91. The number of rotatable bonds is 4. The van der Waals surface area contributed by atoms with Gasteiger partial charge in [0.2, 0.25) is 6.04 Å². The van der Waals surface area contributed by atoms with Crippen LogP contribution in [-0.4, -0.2) is 30.1 Å². The van der Waals surface area contributed by atoms with Crippen molar-refractivity contribution >= 4 is 21.9 Å². The van der Waals surface area contributed by atoms with Gasteiger partial charge in [-0.05, 0) is 23.3 Å². The summed E-state index contributed by atoms with van der Waals surface area (Å²) in [6.07, 6.45) is 0. The Morgan fingerprint density at radius 2 is 1.76 bits per heavy atom. The first kappa shape index (κ1) is 17.6. The lowest BCUT2D eigenvalue weighted by molar-refractivity contribution is -0.527. The fourth-order valence-electron chi connectivity index (χ4n) is 3.42. The maximum absolute atomic E-state index is 12.3. The molecule has 6 nitrogen and oxygen atoms in total. The van der Waals surface area contributed by atoms with Crippen molar-refractivity contribution in [1.82, 2.24) is 5.32 Å². The maximum atomic E-state index is 12.3. The minimum atomic E-state index is -0.979. The molecule has 1 saturated heterocycles. The quantitative estimate of drug-likeness (QED) is 0.481. The molecule has 0 unspecified atom stereocenters. The first-order chi connectivity index (χ1) is 12.0. The van der Waals surface area contributed by atoms with E-state index in [1.54, 1.807) is 0 Å². The number of carbonyl (C=O) groups excluding carboxylic acids is 1. The van der Waals surface area contributed by atoms with Crippen LogP contribution >= 0.6 is 15.9 Å². The summed E-state index contributed by atoms with van der Waals surface area (Å²) in [6.45, 7) is 0. The SMILES string of the molecule is COC(=O)[C@H]1N[C@@H](c2ccc(Br)cc2)[C@H]([N+](=O)[O-])[C@H]1c1ccccc1. The minimum absolute atomic E-state index is 0.305. The smallest absolute Gasteiger partial charge is 0.323 e. The summed E-state index contributed by atoms with van der Waals surface area (Å²) in [5.41, 5.74) is 1.50. The predicted molar refractivity (Wildman–Crippen MR) is 95.8 cm³/mol. The summed E-state index contributed by atoms with van der Waals surface area (Å²) < 4.78 is 5.77. The van der Waals surface area contributed by atoms with Crippen LogP contribution in [0.4, 0.5) is 0 Å². The van der Waals surface area contributed by atoms with Gasteiger partial charge in [0.05, 0.1) is 13.0 Å².